The molecule has 1 heterocycles. The number of rotatable bonds is 3. The molecule has 2 aromatic rings. The highest BCUT2D eigenvalue weighted by atomic mass is 16.3. The number of benzene rings is 1. The van der Waals surface area contributed by atoms with Crippen LogP contribution in [0.3, 0.4) is 0 Å². The van der Waals surface area contributed by atoms with Crippen LogP contribution >= 0.6 is 0 Å². The number of anilines is 1. The Morgan fingerprint density at radius 2 is 2.24 bits per heavy atom. The highest BCUT2D eigenvalue weighted by Crippen LogP contribution is 2.19. The largest absolute Gasteiger partial charge is 0.441 e. The van der Waals surface area contributed by atoms with Crippen molar-refractivity contribution in [3.8, 4) is 0 Å². The molecule has 0 radical (unpaired) electrons. The first-order valence-electron chi connectivity index (χ1n) is 5.37. The number of oxazole rings is 1. The summed E-state index contributed by atoms with van der Waals surface area (Å²) in [6.45, 7) is 2.08. The molecule has 0 atom stereocenters. The van der Waals surface area contributed by atoms with Crippen molar-refractivity contribution in [1.82, 2.24) is 9.88 Å². The standard InChI is InChI=1S/C12H15N3O2/c1-8-14-10-6-9(4-5-11(10)17-8)13-7-12(16)15(2)3/h4-6,13H,7H2,1-3H3. The second-order valence-corrected chi connectivity index (χ2v) is 4.06. The molecule has 0 saturated heterocycles. The number of nitrogens with one attached hydrogen (secondary N) is 1. The second kappa shape index (κ2) is 4.45. The maximum atomic E-state index is 11.4. The molecular weight excluding hydrogens is 218 g/mol. The summed E-state index contributed by atoms with van der Waals surface area (Å²) in [5.74, 6) is 0.669. The number of aromatic nitrogens is 1. The number of likely N-dealkylation sites (N-methyl/N-ethyl adjacent to an activating group) is 1. The first-order chi connectivity index (χ1) is 8.06. The van der Waals surface area contributed by atoms with E-state index in [-0.39, 0.29) is 12.5 Å². The minimum Gasteiger partial charge on any atom is -0.441 e. The van der Waals surface area contributed by atoms with E-state index < -0.39 is 0 Å². The highest BCUT2D eigenvalue weighted by Gasteiger charge is 2.05. The number of hydrogen-bond acceptors (Lipinski definition) is 4. The smallest absolute Gasteiger partial charge is 0.241 e. The second-order valence-electron chi connectivity index (χ2n) is 4.06. The average Bonchev–Trinajstić information content (AvgIpc) is 2.64. The van der Waals surface area contributed by atoms with Crippen molar-refractivity contribution in [2.45, 2.75) is 6.92 Å². The van der Waals surface area contributed by atoms with E-state index in [1.807, 2.05) is 25.1 Å². The van der Waals surface area contributed by atoms with Crippen LogP contribution in [0.4, 0.5) is 5.69 Å². The SMILES string of the molecule is Cc1nc2cc(NCC(=O)N(C)C)ccc2o1. The molecule has 5 nitrogen and oxygen atoms in total. The number of fused-ring (bicyclic) bond motifs is 1. The van der Waals surface area contributed by atoms with Gasteiger partial charge in [-0.1, -0.05) is 0 Å². The lowest BCUT2D eigenvalue weighted by Gasteiger charge is -2.11. The van der Waals surface area contributed by atoms with E-state index in [9.17, 15) is 4.79 Å². The van der Waals surface area contributed by atoms with E-state index in [4.69, 9.17) is 4.42 Å². The molecule has 0 unspecified atom stereocenters. The fraction of sp³-hybridized carbons (Fsp3) is 0.333. The fourth-order valence-electron chi connectivity index (χ4n) is 1.49. The van der Waals surface area contributed by atoms with Gasteiger partial charge in [0.25, 0.3) is 0 Å². The molecule has 90 valence electrons. The molecule has 1 aromatic carbocycles. The van der Waals surface area contributed by atoms with E-state index in [0.717, 1.165) is 16.8 Å². The quantitative estimate of drug-likeness (QED) is 0.875. The summed E-state index contributed by atoms with van der Waals surface area (Å²) in [7, 11) is 3.46. The first-order valence-corrected chi connectivity index (χ1v) is 5.37. The Kier molecular flexibility index (Phi) is 2.99. The molecule has 0 spiro atoms. The maximum Gasteiger partial charge on any atom is 0.241 e. The third kappa shape index (κ3) is 2.55. The molecular formula is C12H15N3O2. The zero-order valence-corrected chi connectivity index (χ0v) is 10.2. The lowest BCUT2D eigenvalue weighted by molar-refractivity contribution is -0.126. The number of amides is 1. The number of carbonyl (C=O) groups is 1. The van der Waals surface area contributed by atoms with Crippen LogP contribution in [0, 0.1) is 6.92 Å². The molecule has 2 rings (SSSR count). The summed E-state index contributed by atoms with van der Waals surface area (Å²) < 4.78 is 5.37. The van der Waals surface area contributed by atoms with Crippen molar-refractivity contribution in [3.05, 3.63) is 24.1 Å². The van der Waals surface area contributed by atoms with Gasteiger partial charge in [0.1, 0.15) is 5.52 Å². The van der Waals surface area contributed by atoms with Gasteiger partial charge in [-0.3, -0.25) is 4.79 Å². The van der Waals surface area contributed by atoms with Gasteiger partial charge in [-0.2, -0.15) is 0 Å². The molecule has 0 aliphatic rings. The number of carbonyl (C=O) groups excluding carboxylic acids is 1. The fourth-order valence-corrected chi connectivity index (χ4v) is 1.49. The normalized spacial score (nSPS) is 10.5. The summed E-state index contributed by atoms with van der Waals surface area (Å²) in [5.41, 5.74) is 2.41. The van der Waals surface area contributed by atoms with Gasteiger partial charge in [0.2, 0.25) is 5.91 Å². The Balaban J connectivity index is 2.11. The van der Waals surface area contributed by atoms with Crippen LogP contribution in [-0.2, 0) is 4.79 Å². The van der Waals surface area contributed by atoms with E-state index in [2.05, 4.69) is 10.3 Å². The molecule has 17 heavy (non-hydrogen) atoms. The van der Waals surface area contributed by atoms with Gasteiger partial charge < -0.3 is 14.6 Å². The van der Waals surface area contributed by atoms with E-state index in [1.165, 1.54) is 0 Å². The number of aryl methyl sites for hydroxylation is 1. The Hall–Kier alpha value is -2.04. The topological polar surface area (TPSA) is 58.4 Å². The van der Waals surface area contributed by atoms with Gasteiger partial charge in [-0.25, -0.2) is 4.98 Å². The summed E-state index contributed by atoms with van der Waals surface area (Å²) in [4.78, 5) is 17.2. The Morgan fingerprint density at radius 1 is 1.47 bits per heavy atom. The lowest BCUT2D eigenvalue weighted by atomic mass is 10.3. The zero-order valence-electron chi connectivity index (χ0n) is 10.2. The van der Waals surface area contributed by atoms with Gasteiger partial charge in [0, 0.05) is 26.7 Å². The summed E-state index contributed by atoms with van der Waals surface area (Å²) in [6.07, 6.45) is 0. The third-order valence-corrected chi connectivity index (χ3v) is 2.44. The van der Waals surface area contributed by atoms with Crippen LogP contribution in [0.5, 0.6) is 0 Å². The average molecular weight is 233 g/mol. The minimum absolute atomic E-state index is 0.0291. The van der Waals surface area contributed by atoms with E-state index >= 15 is 0 Å². The van der Waals surface area contributed by atoms with Gasteiger partial charge in [0.05, 0.1) is 6.54 Å². The predicted octanol–water partition coefficient (Wildman–Crippen LogP) is 1.64. The van der Waals surface area contributed by atoms with Crippen molar-refractivity contribution in [2.24, 2.45) is 0 Å². The van der Waals surface area contributed by atoms with Gasteiger partial charge >= 0.3 is 0 Å². The molecule has 0 bridgehead atoms. The first kappa shape index (κ1) is 11.4. The zero-order chi connectivity index (χ0) is 12.4. The van der Waals surface area contributed by atoms with Gasteiger partial charge in [0.15, 0.2) is 11.5 Å². The highest BCUT2D eigenvalue weighted by molar-refractivity contribution is 5.82. The Labute approximate surface area is 99.4 Å². The van der Waals surface area contributed by atoms with Crippen molar-refractivity contribution in [1.29, 1.82) is 0 Å². The van der Waals surface area contributed by atoms with Crippen molar-refractivity contribution < 1.29 is 9.21 Å². The number of nitrogens with zero attached hydrogens (tertiary/aromatic N) is 2. The third-order valence-electron chi connectivity index (χ3n) is 2.44. The lowest BCUT2D eigenvalue weighted by Crippen LogP contribution is -2.28. The van der Waals surface area contributed by atoms with E-state index in [0.29, 0.717) is 5.89 Å². The molecule has 0 aliphatic carbocycles. The monoisotopic (exact) mass is 233 g/mol. The minimum atomic E-state index is 0.0291. The van der Waals surface area contributed by atoms with Gasteiger partial charge in [-0.15, -0.1) is 0 Å². The number of hydrogen-bond donors (Lipinski definition) is 1. The van der Waals surface area contributed by atoms with Crippen molar-refractivity contribution in [3.63, 3.8) is 0 Å². The van der Waals surface area contributed by atoms with Crippen LogP contribution in [-0.4, -0.2) is 36.4 Å². The molecule has 5 heteroatoms. The molecule has 1 amide bonds. The van der Waals surface area contributed by atoms with Crippen LogP contribution < -0.4 is 5.32 Å². The van der Waals surface area contributed by atoms with Crippen LogP contribution in [0.15, 0.2) is 22.6 Å². The Bertz CT molecular complexity index is 546. The molecule has 0 saturated carbocycles. The molecule has 1 aromatic heterocycles. The summed E-state index contributed by atoms with van der Waals surface area (Å²) >= 11 is 0. The summed E-state index contributed by atoms with van der Waals surface area (Å²) in [6, 6.07) is 5.59. The molecule has 0 aliphatic heterocycles. The van der Waals surface area contributed by atoms with Crippen LogP contribution in [0.1, 0.15) is 5.89 Å². The van der Waals surface area contributed by atoms with E-state index in [1.54, 1.807) is 19.0 Å². The van der Waals surface area contributed by atoms with Crippen LogP contribution in [0.25, 0.3) is 11.1 Å². The predicted molar refractivity (Wildman–Crippen MR) is 65.9 cm³/mol. The Morgan fingerprint density at radius 3 is 2.94 bits per heavy atom. The van der Waals surface area contributed by atoms with Crippen molar-refractivity contribution >= 4 is 22.7 Å². The van der Waals surface area contributed by atoms with Crippen molar-refractivity contribution in [2.75, 3.05) is 26.0 Å². The maximum absolute atomic E-state index is 11.4. The molecule has 1 N–H and O–H groups in total. The molecule has 0 fully saturated rings. The van der Waals surface area contributed by atoms with Crippen LogP contribution in [0.2, 0.25) is 0 Å². The summed E-state index contributed by atoms with van der Waals surface area (Å²) in [5, 5.41) is 3.05. The van der Waals surface area contributed by atoms with Gasteiger partial charge in [-0.05, 0) is 18.2 Å².